The van der Waals surface area contributed by atoms with Crippen molar-refractivity contribution in [3.8, 4) is 11.5 Å². The molecule has 0 saturated carbocycles. The maximum Gasteiger partial charge on any atom is 0.255 e. The molecule has 0 unspecified atom stereocenters. The van der Waals surface area contributed by atoms with Gasteiger partial charge in [-0.2, -0.15) is 0 Å². The molecule has 1 heterocycles. The first-order chi connectivity index (χ1) is 13.0. The highest BCUT2D eigenvalue weighted by molar-refractivity contribution is 6.31. The van der Waals surface area contributed by atoms with E-state index in [-0.39, 0.29) is 5.91 Å². The lowest BCUT2D eigenvalue weighted by atomic mass is 10.1. The quantitative estimate of drug-likeness (QED) is 0.475. The molecule has 0 atom stereocenters. The van der Waals surface area contributed by atoms with Crippen molar-refractivity contribution in [3.05, 3.63) is 82.4 Å². The van der Waals surface area contributed by atoms with Crippen LogP contribution in [0.5, 0.6) is 0 Å². The lowest BCUT2D eigenvalue weighted by molar-refractivity contribution is 0.102. The van der Waals surface area contributed by atoms with Gasteiger partial charge in [0, 0.05) is 21.8 Å². The maximum absolute atomic E-state index is 12.6. The standard InChI is InChI=1S/C22H17ClN2O2/c1-13-6-3-4-7-16(13)21(26)24-18-9-5-8-17(14(18)2)22-25-19-12-15(23)10-11-20(19)27-22/h3-12H,1-2H3,(H,24,26). The Morgan fingerprint density at radius 2 is 1.85 bits per heavy atom. The molecule has 0 aliphatic heterocycles. The Morgan fingerprint density at radius 1 is 1.04 bits per heavy atom. The number of aromatic nitrogens is 1. The number of carbonyl (C=O) groups is 1. The topological polar surface area (TPSA) is 55.1 Å². The number of oxazole rings is 1. The van der Waals surface area contributed by atoms with Crippen LogP contribution >= 0.6 is 11.6 Å². The molecule has 4 nitrogen and oxygen atoms in total. The van der Waals surface area contributed by atoms with Gasteiger partial charge >= 0.3 is 0 Å². The predicted molar refractivity (Wildman–Crippen MR) is 108 cm³/mol. The van der Waals surface area contributed by atoms with Crippen LogP contribution in [-0.4, -0.2) is 10.9 Å². The SMILES string of the molecule is Cc1ccccc1C(=O)Nc1cccc(-c2nc3cc(Cl)ccc3o2)c1C. The van der Waals surface area contributed by atoms with Crippen LogP contribution in [0.2, 0.25) is 5.02 Å². The van der Waals surface area contributed by atoms with E-state index in [1.807, 2.05) is 56.3 Å². The molecule has 0 bridgehead atoms. The third kappa shape index (κ3) is 3.32. The number of benzene rings is 3. The number of nitrogens with one attached hydrogen (secondary N) is 1. The van der Waals surface area contributed by atoms with E-state index in [2.05, 4.69) is 10.3 Å². The summed E-state index contributed by atoms with van der Waals surface area (Å²) in [4.78, 5) is 17.2. The number of amides is 1. The van der Waals surface area contributed by atoms with E-state index < -0.39 is 0 Å². The Bertz CT molecular complexity index is 1160. The summed E-state index contributed by atoms with van der Waals surface area (Å²) in [7, 11) is 0. The van der Waals surface area contributed by atoms with Crippen molar-refractivity contribution in [3.63, 3.8) is 0 Å². The average molecular weight is 377 g/mol. The van der Waals surface area contributed by atoms with E-state index in [1.54, 1.807) is 18.2 Å². The summed E-state index contributed by atoms with van der Waals surface area (Å²) in [6.45, 7) is 3.85. The zero-order chi connectivity index (χ0) is 19.0. The summed E-state index contributed by atoms with van der Waals surface area (Å²) >= 11 is 6.03. The maximum atomic E-state index is 12.6. The summed E-state index contributed by atoms with van der Waals surface area (Å²) in [6.07, 6.45) is 0. The fourth-order valence-electron chi connectivity index (χ4n) is 3.04. The number of rotatable bonds is 3. The number of carbonyl (C=O) groups excluding carboxylic acids is 1. The monoisotopic (exact) mass is 376 g/mol. The molecule has 1 aromatic heterocycles. The van der Waals surface area contributed by atoms with E-state index in [0.29, 0.717) is 27.6 Å². The Balaban J connectivity index is 1.70. The molecule has 0 fully saturated rings. The van der Waals surface area contributed by atoms with Gasteiger partial charge in [-0.1, -0.05) is 35.9 Å². The Kier molecular flexibility index (Phi) is 4.42. The van der Waals surface area contributed by atoms with Gasteiger partial charge in [-0.05, 0) is 61.4 Å². The molecule has 5 heteroatoms. The first-order valence-electron chi connectivity index (χ1n) is 8.56. The highest BCUT2D eigenvalue weighted by Gasteiger charge is 2.15. The van der Waals surface area contributed by atoms with Crippen molar-refractivity contribution in [1.82, 2.24) is 4.98 Å². The van der Waals surface area contributed by atoms with Crippen molar-refractivity contribution < 1.29 is 9.21 Å². The van der Waals surface area contributed by atoms with Crippen LogP contribution in [-0.2, 0) is 0 Å². The van der Waals surface area contributed by atoms with Gasteiger partial charge in [0.1, 0.15) is 5.52 Å². The van der Waals surface area contributed by atoms with Crippen LogP contribution in [0.4, 0.5) is 5.69 Å². The molecule has 4 rings (SSSR count). The first-order valence-corrected chi connectivity index (χ1v) is 8.94. The van der Waals surface area contributed by atoms with E-state index in [9.17, 15) is 4.79 Å². The minimum Gasteiger partial charge on any atom is -0.436 e. The van der Waals surface area contributed by atoms with E-state index in [1.165, 1.54) is 0 Å². The molecule has 4 aromatic rings. The predicted octanol–water partition coefficient (Wildman–Crippen LogP) is 6.02. The van der Waals surface area contributed by atoms with Crippen molar-refractivity contribution in [2.24, 2.45) is 0 Å². The molecule has 3 aromatic carbocycles. The zero-order valence-corrected chi connectivity index (χ0v) is 15.7. The van der Waals surface area contributed by atoms with Gasteiger partial charge in [0.25, 0.3) is 5.91 Å². The molecule has 0 aliphatic carbocycles. The van der Waals surface area contributed by atoms with Crippen LogP contribution in [0.1, 0.15) is 21.5 Å². The summed E-state index contributed by atoms with van der Waals surface area (Å²) in [5, 5.41) is 3.60. The minimum atomic E-state index is -0.141. The highest BCUT2D eigenvalue weighted by atomic mass is 35.5. The van der Waals surface area contributed by atoms with Crippen molar-refractivity contribution >= 4 is 34.3 Å². The van der Waals surface area contributed by atoms with E-state index >= 15 is 0 Å². The molecule has 134 valence electrons. The second-order valence-electron chi connectivity index (χ2n) is 6.38. The van der Waals surface area contributed by atoms with Crippen LogP contribution in [0, 0.1) is 13.8 Å². The summed E-state index contributed by atoms with van der Waals surface area (Å²) in [5.74, 6) is 0.356. The molecular weight excluding hydrogens is 360 g/mol. The van der Waals surface area contributed by atoms with E-state index in [0.717, 1.165) is 22.4 Å². The third-order valence-electron chi connectivity index (χ3n) is 4.55. The first kappa shape index (κ1) is 17.3. The lowest BCUT2D eigenvalue weighted by Gasteiger charge is -2.12. The number of hydrogen-bond donors (Lipinski definition) is 1. The van der Waals surface area contributed by atoms with Crippen molar-refractivity contribution in [2.75, 3.05) is 5.32 Å². The van der Waals surface area contributed by atoms with Crippen LogP contribution in [0.25, 0.3) is 22.6 Å². The molecule has 27 heavy (non-hydrogen) atoms. The summed E-state index contributed by atoms with van der Waals surface area (Å²) < 4.78 is 5.87. The van der Waals surface area contributed by atoms with Gasteiger partial charge in [0.15, 0.2) is 5.58 Å². The van der Waals surface area contributed by atoms with Crippen LogP contribution in [0.3, 0.4) is 0 Å². The van der Waals surface area contributed by atoms with Crippen LogP contribution < -0.4 is 5.32 Å². The smallest absolute Gasteiger partial charge is 0.255 e. The highest BCUT2D eigenvalue weighted by Crippen LogP contribution is 2.31. The lowest BCUT2D eigenvalue weighted by Crippen LogP contribution is -2.14. The van der Waals surface area contributed by atoms with Gasteiger partial charge in [-0.25, -0.2) is 4.98 Å². The summed E-state index contributed by atoms with van der Waals surface area (Å²) in [5.41, 5.74) is 5.39. The minimum absolute atomic E-state index is 0.141. The van der Waals surface area contributed by atoms with Gasteiger partial charge in [0.05, 0.1) is 0 Å². The van der Waals surface area contributed by atoms with Crippen molar-refractivity contribution in [2.45, 2.75) is 13.8 Å². The second kappa shape index (κ2) is 6.89. The molecule has 0 saturated heterocycles. The molecule has 0 aliphatic rings. The van der Waals surface area contributed by atoms with Gasteiger partial charge in [-0.3, -0.25) is 4.79 Å². The van der Waals surface area contributed by atoms with Gasteiger partial charge in [0.2, 0.25) is 5.89 Å². The van der Waals surface area contributed by atoms with E-state index in [4.69, 9.17) is 16.0 Å². The van der Waals surface area contributed by atoms with Crippen LogP contribution in [0.15, 0.2) is 65.1 Å². The Labute approximate surface area is 161 Å². The number of halogens is 1. The fraction of sp³-hybridized carbons (Fsp3) is 0.0909. The van der Waals surface area contributed by atoms with Gasteiger partial charge in [-0.15, -0.1) is 0 Å². The van der Waals surface area contributed by atoms with Crippen molar-refractivity contribution in [1.29, 1.82) is 0 Å². The summed E-state index contributed by atoms with van der Waals surface area (Å²) in [6, 6.07) is 18.5. The number of nitrogens with zero attached hydrogens (tertiary/aromatic N) is 1. The fourth-order valence-corrected chi connectivity index (χ4v) is 3.20. The molecule has 0 radical (unpaired) electrons. The Morgan fingerprint density at radius 3 is 2.67 bits per heavy atom. The second-order valence-corrected chi connectivity index (χ2v) is 6.81. The molecule has 1 N–H and O–H groups in total. The Hall–Kier alpha value is -3.11. The van der Waals surface area contributed by atoms with Gasteiger partial charge < -0.3 is 9.73 Å². The molecular formula is C22H17ClN2O2. The largest absolute Gasteiger partial charge is 0.436 e. The normalized spacial score (nSPS) is 10.9. The molecule has 1 amide bonds. The third-order valence-corrected chi connectivity index (χ3v) is 4.79. The number of aryl methyl sites for hydroxylation is 1. The zero-order valence-electron chi connectivity index (χ0n) is 14.9. The number of anilines is 1. The number of hydrogen-bond acceptors (Lipinski definition) is 3. The molecule has 0 spiro atoms. The average Bonchev–Trinajstić information content (AvgIpc) is 3.06. The number of fused-ring (bicyclic) bond motifs is 1.